The lowest BCUT2D eigenvalue weighted by Crippen LogP contribution is -2.34. The van der Waals surface area contributed by atoms with Crippen LogP contribution in [0.15, 0.2) is 24.3 Å². The van der Waals surface area contributed by atoms with Crippen molar-refractivity contribution < 1.29 is 14.4 Å². The maximum absolute atomic E-state index is 11.5. The second-order valence-corrected chi connectivity index (χ2v) is 4.76. The number of ether oxygens (including phenoxy) is 1. The molecule has 4 nitrogen and oxygen atoms in total. The van der Waals surface area contributed by atoms with Crippen molar-refractivity contribution in [1.29, 1.82) is 0 Å². The third-order valence-electron chi connectivity index (χ3n) is 1.99. The Balaban J connectivity index is 2.45. The molecule has 0 saturated heterocycles. The summed E-state index contributed by atoms with van der Waals surface area (Å²) >= 11 is 0. The summed E-state index contributed by atoms with van der Waals surface area (Å²) in [7, 11) is 1.61. The number of carbonyl (C=O) groups is 1. The predicted molar refractivity (Wildman–Crippen MR) is 65.7 cm³/mol. The van der Waals surface area contributed by atoms with E-state index in [9.17, 15) is 4.79 Å². The molecule has 0 bridgehead atoms. The zero-order valence-corrected chi connectivity index (χ0v) is 10.7. The monoisotopic (exact) mass is 237 g/mol. The average molecular weight is 237 g/mol. The van der Waals surface area contributed by atoms with Gasteiger partial charge in [-0.2, -0.15) is 0 Å². The zero-order chi connectivity index (χ0) is 12.9. The summed E-state index contributed by atoms with van der Waals surface area (Å²) in [5, 5.41) is 0. The van der Waals surface area contributed by atoms with Crippen LogP contribution in [0.3, 0.4) is 0 Å². The van der Waals surface area contributed by atoms with Crippen LogP contribution in [0.1, 0.15) is 26.3 Å². The van der Waals surface area contributed by atoms with E-state index < -0.39 is 0 Å². The van der Waals surface area contributed by atoms with Gasteiger partial charge in [-0.1, -0.05) is 12.1 Å². The first-order valence-corrected chi connectivity index (χ1v) is 5.50. The Kier molecular flexibility index (Phi) is 4.52. The fourth-order valence-corrected chi connectivity index (χ4v) is 1.17. The second kappa shape index (κ2) is 5.68. The minimum atomic E-state index is -0.379. The smallest absolute Gasteiger partial charge is 0.247 e. The first kappa shape index (κ1) is 13.5. The Labute approximate surface area is 102 Å². The van der Waals surface area contributed by atoms with Crippen molar-refractivity contribution in [3.05, 3.63) is 29.8 Å². The van der Waals surface area contributed by atoms with Crippen LogP contribution in [0.2, 0.25) is 0 Å². The van der Waals surface area contributed by atoms with Crippen molar-refractivity contribution in [1.82, 2.24) is 5.48 Å². The summed E-state index contributed by atoms with van der Waals surface area (Å²) < 4.78 is 5.04. The van der Waals surface area contributed by atoms with Gasteiger partial charge >= 0.3 is 0 Å². The number of rotatable bonds is 4. The maximum Gasteiger partial charge on any atom is 0.247 e. The third kappa shape index (κ3) is 5.36. The van der Waals surface area contributed by atoms with Crippen LogP contribution in [0.4, 0.5) is 0 Å². The summed E-state index contributed by atoms with van der Waals surface area (Å²) in [6, 6.07) is 7.37. The number of amides is 1. The maximum atomic E-state index is 11.5. The van der Waals surface area contributed by atoms with Crippen LogP contribution >= 0.6 is 0 Å². The van der Waals surface area contributed by atoms with Gasteiger partial charge in [-0.05, 0) is 38.5 Å². The van der Waals surface area contributed by atoms with Gasteiger partial charge in [-0.3, -0.25) is 9.63 Å². The molecule has 0 aliphatic carbocycles. The molecule has 1 aromatic carbocycles. The minimum absolute atomic E-state index is 0.162. The molecule has 0 fully saturated rings. The summed E-state index contributed by atoms with van der Waals surface area (Å²) in [6.45, 7) is 5.63. The van der Waals surface area contributed by atoms with Crippen molar-refractivity contribution in [3.63, 3.8) is 0 Å². The Morgan fingerprint density at radius 2 is 1.82 bits per heavy atom. The number of hydrogen-bond acceptors (Lipinski definition) is 3. The molecule has 1 rings (SSSR count). The van der Waals surface area contributed by atoms with Crippen LogP contribution in [-0.4, -0.2) is 18.6 Å². The van der Waals surface area contributed by atoms with Crippen LogP contribution in [0.25, 0.3) is 0 Å². The van der Waals surface area contributed by atoms with Gasteiger partial charge in [0, 0.05) is 0 Å². The van der Waals surface area contributed by atoms with Gasteiger partial charge in [0.2, 0.25) is 5.91 Å². The van der Waals surface area contributed by atoms with Gasteiger partial charge < -0.3 is 4.74 Å². The number of carbonyl (C=O) groups excluding carboxylic acids is 1. The standard InChI is InChI=1S/C13H19NO3/c1-13(2,3)17-14-12(15)9-10-5-7-11(16-4)8-6-10/h5-8H,9H2,1-4H3,(H,14,15). The van der Waals surface area contributed by atoms with Crippen molar-refractivity contribution in [2.24, 2.45) is 0 Å². The van der Waals surface area contributed by atoms with Crippen LogP contribution < -0.4 is 10.2 Å². The number of benzene rings is 1. The molecule has 1 amide bonds. The average Bonchev–Trinajstić information content (AvgIpc) is 2.27. The van der Waals surface area contributed by atoms with E-state index in [-0.39, 0.29) is 11.5 Å². The molecule has 17 heavy (non-hydrogen) atoms. The lowest BCUT2D eigenvalue weighted by molar-refractivity contribution is -0.144. The molecule has 0 aliphatic rings. The normalized spacial score (nSPS) is 11.1. The summed E-state index contributed by atoms with van der Waals surface area (Å²) in [6.07, 6.45) is 0.292. The van der Waals surface area contributed by atoms with Crippen LogP contribution in [0, 0.1) is 0 Å². The van der Waals surface area contributed by atoms with E-state index in [1.165, 1.54) is 0 Å². The molecule has 1 aromatic rings. The molecule has 1 N–H and O–H groups in total. The molecular weight excluding hydrogens is 218 g/mol. The first-order valence-electron chi connectivity index (χ1n) is 5.50. The van der Waals surface area contributed by atoms with Gasteiger partial charge in [0.1, 0.15) is 5.75 Å². The van der Waals surface area contributed by atoms with Gasteiger partial charge in [0.05, 0.1) is 19.1 Å². The summed E-state index contributed by atoms with van der Waals surface area (Å²) in [5.74, 6) is 0.616. The first-order chi connectivity index (χ1) is 7.90. The SMILES string of the molecule is COc1ccc(CC(=O)NOC(C)(C)C)cc1. The molecule has 0 saturated carbocycles. The Bertz CT molecular complexity index is 365. The number of methoxy groups -OCH3 is 1. The number of hydroxylamine groups is 1. The van der Waals surface area contributed by atoms with E-state index >= 15 is 0 Å². The van der Waals surface area contributed by atoms with E-state index in [4.69, 9.17) is 9.57 Å². The highest BCUT2D eigenvalue weighted by Gasteiger charge is 2.12. The highest BCUT2D eigenvalue weighted by Crippen LogP contribution is 2.11. The molecule has 0 aliphatic heterocycles. The van der Waals surface area contributed by atoms with E-state index in [2.05, 4.69) is 5.48 Å². The van der Waals surface area contributed by atoms with Crippen LogP contribution in [-0.2, 0) is 16.1 Å². The Morgan fingerprint density at radius 1 is 1.24 bits per heavy atom. The molecule has 94 valence electrons. The second-order valence-electron chi connectivity index (χ2n) is 4.76. The Hall–Kier alpha value is -1.55. The fraction of sp³-hybridized carbons (Fsp3) is 0.462. The lowest BCUT2D eigenvalue weighted by atomic mass is 10.1. The highest BCUT2D eigenvalue weighted by molar-refractivity contribution is 5.77. The van der Waals surface area contributed by atoms with E-state index in [1.807, 2.05) is 45.0 Å². The summed E-state index contributed by atoms with van der Waals surface area (Å²) in [4.78, 5) is 16.7. The van der Waals surface area contributed by atoms with Gasteiger partial charge in [-0.15, -0.1) is 0 Å². The molecular formula is C13H19NO3. The Morgan fingerprint density at radius 3 is 2.29 bits per heavy atom. The molecule has 4 heteroatoms. The molecule has 0 atom stereocenters. The third-order valence-corrected chi connectivity index (χ3v) is 1.99. The van der Waals surface area contributed by atoms with Gasteiger partial charge in [-0.25, -0.2) is 5.48 Å². The number of hydrogen-bond donors (Lipinski definition) is 1. The topological polar surface area (TPSA) is 47.6 Å². The summed E-state index contributed by atoms with van der Waals surface area (Å²) in [5.41, 5.74) is 2.97. The largest absolute Gasteiger partial charge is 0.497 e. The molecule has 0 radical (unpaired) electrons. The van der Waals surface area contributed by atoms with Crippen molar-refractivity contribution in [2.45, 2.75) is 32.8 Å². The molecule has 0 aromatic heterocycles. The zero-order valence-electron chi connectivity index (χ0n) is 10.7. The van der Waals surface area contributed by atoms with Crippen molar-refractivity contribution >= 4 is 5.91 Å². The molecule has 0 spiro atoms. The molecule has 0 unspecified atom stereocenters. The van der Waals surface area contributed by atoms with Crippen LogP contribution in [0.5, 0.6) is 5.75 Å². The fourth-order valence-electron chi connectivity index (χ4n) is 1.17. The van der Waals surface area contributed by atoms with E-state index in [1.54, 1.807) is 7.11 Å². The highest BCUT2D eigenvalue weighted by atomic mass is 16.7. The van der Waals surface area contributed by atoms with Gasteiger partial charge in [0.15, 0.2) is 0 Å². The number of nitrogens with one attached hydrogen (secondary N) is 1. The lowest BCUT2D eigenvalue weighted by Gasteiger charge is -2.18. The van der Waals surface area contributed by atoms with E-state index in [0.717, 1.165) is 11.3 Å². The minimum Gasteiger partial charge on any atom is -0.497 e. The quantitative estimate of drug-likeness (QED) is 0.816. The van der Waals surface area contributed by atoms with Crippen molar-refractivity contribution in [3.8, 4) is 5.75 Å². The molecule has 0 heterocycles. The van der Waals surface area contributed by atoms with Crippen molar-refractivity contribution in [2.75, 3.05) is 7.11 Å². The predicted octanol–water partition coefficient (Wildman–Crippen LogP) is 2.08. The van der Waals surface area contributed by atoms with E-state index in [0.29, 0.717) is 6.42 Å². The van der Waals surface area contributed by atoms with Gasteiger partial charge in [0.25, 0.3) is 0 Å².